The first-order valence-corrected chi connectivity index (χ1v) is 9.72. The van der Waals surface area contributed by atoms with Crippen LogP contribution < -0.4 is 4.90 Å². The third-order valence-corrected chi connectivity index (χ3v) is 5.80. The third-order valence-electron chi connectivity index (χ3n) is 5.80. The van der Waals surface area contributed by atoms with E-state index in [1.165, 1.54) is 29.5 Å². The van der Waals surface area contributed by atoms with Gasteiger partial charge in [0.05, 0.1) is 6.61 Å². The summed E-state index contributed by atoms with van der Waals surface area (Å²) in [6, 6.07) is 9.12. The van der Waals surface area contributed by atoms with Gasteiger partial charge >= 0.3 is 0 Å². The number of nitrogens with zero attached hydrogens (tertiary/aromatic N) is 3. The van der Waals surface area contributed by atoms with Gasteiger partial charge in [-0.25, -0.2) is 0 Å². The van der Waals surface area contributed by atoms with Gasteiger partial charge in [-0.2, -0.15) is 0 Å². The normalized spacial score (nSPS) is 20.1. The van der Waals surface area contributed by atoms with E-state index < -0.39 is 0 Å². The molecular weight excluding hydrogens is 338 g/mol. The lowest BCUT2D eigenvalue weighted by atomic mass is 9.96. The number of benzene rings is 1. The molecular formula is C22H27N3O2. The Morgan fingerprint density at radius 1 is 1.19 bits per heavy atom. The van der Waals surface area contributed by atoms with E-state index in [0.717, 1.165) is 37.4 Å². The van der Waals surface area contributed by atoms with E-state index in [0.29, 0.717) is 12.5 Å². The van der Waals surface area contributed by atoms with Crippen molar-refractivity contribution >= 4 is 11.6 Å². The Balaban J connectivity index is 1.55. The largest absolute Gasteiger partial charge is 0.383 e. The van der Waals surface area contributed by atoms with Crippen molar-refractivity contribution in [2.45, 2.75) is 38.3 Å². The molecule has 0 aliphatic carbocycles. The standard InChI is InChI=1S/C22H27N3O2/c1-24-21-7-5-17(11-18(21)6-8-22(24)26)19-10-16(12-23-13-19)14-25-9-3-4-20(25)15-27-2/h5,7,10-13,20H,3-4,6,8-9,14-15H2,1-2H3. The average Bonchev–Trinajstić information content (AvgIpc) is 3.12. The van der Waals surface area contributed by atoms with Gasteiger partial charge in [0.25, 0.3) is 0 Å². The second kappa shape index (κ2) is 7.79. The zero-order chi connectivity index (χ0) is 18.8. The Bertz CT molecular complexity index is 836. The Morgan fingerprint density at radius 3 is 2.93 bits per heavy atom. The summed E-state index contributed by atoms with van der Waals surface area (Å²) in [6.45, 7) is 2.83. The van der Waals surface area contributed by atoms with Crippen LogP contribution in [0.1, 0.15) is 30.4 Å². The Kier molecular flexibility index (Phi) is 5.23. The van der Waals surface area contributed by atoms with Gasteiger partial charge in [0.15, 0.2) is 0 Å². The predicted octanol–water partition coefficient (Wildman–Crippen LogP) is 3.27. The van der Waals surface area contributed by atoms with Crippen molar-refractivity contribution in [3.8, 4) is 11.1 Å². The van der Waals surface area contributed by atoms with Gasteiger partial charge in [0.1, 0.15) is 0 Å². The first-order chi connectivity index (χ1) is 13.2. The Hall–Kier alpha value is -2.24. The fourth-order valence-electron chi connectivity index (χ4n) is 4.29. The highest BCUT2D eigenvalue weighted by molar-refractivity contribution is 5.96. The number of hydrogen-bond donors (Lipinski definition) is 0. The lowest BCUT2D eigenvalue weighted by molar-refractivity contribution is -0.118. The van der Waals surface area contributed by atoms with E-state index in [4.69, 9.17) is 4.74 Å². The van der Waals surface area contributed by atoms with Gasteiger partial charge < -0.3 is 9.64 Å². The molecule has 142 valence electrons. The second-order valence-electron chi connectivity index (χ2n) is 7.60. The molecule has 27 heavy (non-hydrogen) atoms. The summed E-state index contributed by atoms with van der Waals surface area (Å²) < 4.78 is 5.37. The maximum atomic E-state index is 11.9. The topological polar surface area (TPSA) is 45.7 Å². The summed E-state index contributed by atoms with van der Waals surface area (Å²) in [7, 11) is 3.63. The molecule has 2 aliphatic rings. The summed E-state index contributed by atoms with van der Waals surface area (Å²) in [5.74, 6) is 0.190. The minimum atomic E-state index is 0.190. The van der Waals surface area contributed by atoms with Crippen molar-refractivity contribution in [2.75, 3.05) is 32.2 Å². The number of fused-ring (bicyclic) bond motifs is 1. The van der Waals surface area contributed by atoms with E-state index in [1.807, 2.05) is 19.4 Å². The summed E-state index contributed by atoms with van der Waals surface area (Å²) in [4.78, 5) is 20.6. The first-order valence-electron chi connectivity index (χ1n) is 9.72. The van der Waals surface area contributed by atoms with E-state index in [9.17, 15) is 4.79 Å². The molecule has 0 saturated carbocycles. The fourth-order valence-corrected chi connectivity index (χ4v) is 4.29. The number of methoxy groups -OCH3 is 1. The number of carbonyl (C=O) groups is 1. The summed E-state index contributed by atoms with van der Waals surface area (Å²) in [5.41, 5.74) is 5.80. The Labute approximate surface area is 161 Å². The molecule has 0 spiro atoms. The molecule has 1 fully saturated rings. The summed E-state index contributed by atoms with van der Waals surface area (Å²) in [6.07, 6.45) is 7.74. The zero-order valence-electron chi connectivity index (χ0n) is 16.1. The molecule has 3 heterocycles. The maximum Gasteiger partial charge on any atom is 0.227 e. The summed E-state index contributed by atoms with van der Waals surface area (Å²) in [5, 5.41) is 0. The van der Waals surface area contributed by atoms with Crippen molar-refractivity contribution in [1.82, 2.24) is 9.88 Å². The number of amides is 1. The molecule has 5 heteroatoms. The number of carbonyl (C=O) groups excluding carboxylic acids is 1. The lowest BCUT2D eigenvalue weighted by Gasteiger charge is -2.26. The van der Waals surface area contributed by atoms with Gasteiger partial charge in [-0.1, -0.05) is 6.07 Å². The fraction of sp³-hybridized carbons (Fsp3) is 0.455. The molecule has 4 rings (SSSR count). The minimum Gasteiger partial charge on any atom is -0.383 e. The number of rotatable bonds is 5. The molecule has 0 bridgehead atoms. The van der Waals surface area contributed by atoms with E-state index in [2.05, 4.69) is 34.1 Å². The molecule has 1 aromatic carbocycles. The van der Waals surface area contributed by atoms with Crippen molar-refractivity contribution in [3.63, 3.8) is 0 Å². The van der Waals surface area contributed by atoms with E-state index in [-0.39, 0.29) is 5.91 Å². The predicted molar refractivity (Wildman–Crippen MR) is 107 cm³/mol. The van der Waals surface area contributed by atoms with E-state index in [1.54, 1.807) is 12.0 Å². The van der Waals surface area contributed by atoms with Crippen molar-refractivity contribution in [3.05, 3.63) is 47.8 Å². The number of aromatic nitrogens is 1. The molecule has 1 atom stereocenters. The molecule has 2 aromatic rings. The SMILES string of the molecule is COCC1CCCN1Cc1cncc(-c2ccc3c(c2)CCC(=O)N3C)c1. The first kappa shape index (κ1) is 18.1. The number of aryl methyl sites for hydroxylation is 1. The van der Waals surface area contributed by atoms with Crippen LogP contribution in [0.4, 0.5) is 5.69 Å². The Morgan fingerprint density at radius 2 is 2.07 bits per heavy atom. The number of likely N-dealkylation sites (tertiary alicyclic amines) is 1. The van der Waals surface area contributed by atoms with Crippen molar-refractivity contribution in [2.24, 2.45) is 0 Å². The number of pyridine rings is 1. The highest BCUT2D eigenvalue weighted by Gasteiger charge is 2.24. The van der Waals surface area contributed by atoms with Gasteiger partial charge in [0, 0.05) is 56.8 Å². The zero-order valence-corrected chi connectivity index (χ0v) is 16.1. The molecule has 5 nitrogen and oxygen atoms in total. The van der Waals surface area contributed by atoms with Crippen molar-refractivity contribution in [1.29, 1.82) is 0 Å². The van der Waals surface area contributed by atoms with E-state index >= 15 is 0 Å². The van der Waals surface area contributed by atoms with Crippen LogP contribution in [-0.4, -0.2) is 49.1 Å². The molecule has 0 N–H and O–H groups in total. The quantitative estimate of drug-likeness (QED) is 0.816. The second-order valence-corrected chi connectivity index (χ2v) is 7.60. The number of ether oxygens (including phenoxy) is 1. The van der Waals surface area contributed by atoms with Gasteiger partial charge in [-0.3, -0.25) is 14.7 Å². The molecule has 2 aliphatic heterocycles. The van der Waals surface area contributed by atoms with Gasteiger partial charge in [-0.05, 0) is 60.7 Å². The van der Waals surface area contributed by atoms with Crippen LogP contribution in [0.3, 0.4) is 0 Å². The summed E-state index contributed by atoms with van der Waals surface area (Å²) >= 11 is 0. The van der Waals surface area contributed by atoms with Crippen LogP contribution in [0.15, 0.2) is 36.7 Å². The van der Waals surface area contributed by atoms with Crippen LogP contribution in [0.25, 0.3) is 11.1 Å². The molecule has 1 unspecified atom stereocenters. The van der Waals surface area contributed by atoms with Gasteiger partial charge in [0.2, 0.25) is 5.91 Å². The highest BCUT2D eigenvalue weighted by atomic mass is 16.5. The van der Waals surface area contributed by atoms with Crippen LogP contribution in [0.2, 0.25) is 0 Å². The maximum absolute atomic E-state index is 11.9. The van der Waals surface area contributed by atoms with Crippen molar-refractivity contribution < 1.29 is 9.53 Å². The van der Waals surface area contributed by atoms with Crippen LogP contribution in [0, 0.1) is 0 Å². The average molecular weight is 365 g/mol. The molecule has 1 amide bonds. The van der Waals surface area contributed by atoms with Gasteiger partial charge in [-0.15, -0.1) is 0 Å². The molecule has 1 saturated heterocycles. The number of anilines is 1. The third kappa shape index (κ3) is 3.75. The van der Waals surface area contributed by atoms with Crippen LogP contribution >= 0.6 is 0 Å². The monoisotopic (exact) mass is 365 g/mol. The molecule has 1 aromatic heterocycles. The highest BCUT2D eigenvalue weighted by Crippen LogP contribution is 2.31. The number of hydrogen-bond acceptors (Lipinski definition) is 4. The van der Waals surface area contributed by atoms with Crippen LogP contribution in [0.5, 0.6) is 0 Å². The molecule has 0 radical (unpaired) electrons. The smallest absolute Gasteiger partial charge is 0.227 e. The van der Waals surface area contributed by atoms with Crippen LogP contribution in [-0.2, 0) is 22.5 Å². The lowest BCUT2D eigenvalue weighted by Crippen LogP contribution is -2.32. The minimum absolute atomic E-state index is 0.190.